The van der Waals surface area contributed by atoms with Crippen molar-refractivity contribution in [3.63, 3.8) is 0 Å². The highest BCUT2D eigenvalue weighted by molar-refractivity contribution is 7.98. The minimum absolute atomic E-state index is 0.0196. The normalized spacial score (nSPS) is 11.3. The van der Waals surface area contributed by atoms with Crippen LogP contribution in [0.1, 0.15) is 0 Å². The van der Waals surface area contributed by atoms with Crippen LogP contribution in [0.25, 0.3) is 21.8 Å². The first-order chi connectivity index (χ1) is 9.13. The van der Waals surface area contributed by atoms with Gasteiger partial charge in [0.15, 0.2) is 0 Å². The predicted molar refractivity (Wildman–Crippen MR) is 77.0 cm³/mol. The van der Waals surface area contributed by atoms with Crippen molar-refractivity contribution < 1.29 is 4.92 Å². The number of halogens is 1. The molecule has 3 aromatic rings. The number of pyridine rings is 1. The van der Waals surface area contributed by atoms with Crippen molar-refractivity contribution in [2.75, 3.05) is 6.26 Å². The van der Waals surface area contributed by atoms with Gasteiger partial charge in [-0.2, -0.15) is 0 Å². The van der Waals surface area contributed by atoms with Crippen LogP contribution in [0.3, 0.4) is 0 Å². The molecule has 0 bridgehead atoms. The third-order valence-corrected chi connectivity index (χ3v) is 4.20. The van der Waals surface area contributed by atoms with Gasteiger partial charge in [-0.3, -0.25) is 15.1 Å². The summed E-state index contributed by atoms with van der Waals surface area (Å²) < 4.78 is 0. The first kappa shape index (κ1) is 12.3. The molecular weight excluding hydrogens is 286 g/mol. The summed E-state index contributed by atoms with van der Waals surface area (Å²) in [4.78, 5) is 18.5. The monoisotopic (exact) mass is 293 g/mol. The van der Waals surface area contributed by atoms with Gasteiger partial charge in [0.05, 0.1) is 21.7 Å². The van der Waals surface area contributed by atoms with Crippen molar-refractivity contribution >= 4 is 50.9 Å². The number of rotatable bonds is 2. The third kappa shape index (κ3) is 1.75. The molecule has 0 fully saturated rings. The molecule has 0 saturated carbocycles. The molecule has 2 heterocycles. The van der Waals surface area contributed by atoms with E-state index in [1.54, 1.807) is 24.7 Å². The number of nitro groups is 1. The quantitative estimate of drug-likeness (QED) is 0.440. The number of aromatic amines is 1. The minimum Gasteiger partial charge on any atom is -0.348 e. The molecule has 0 aliphatic carbocycles. The van der Waals surface area contributed by atoms with Gasteiger partial charge in [0.1, 0.15) is 10.4 Å². The fourth-order valence-corrected chi connectivity index (χ4v) is 3.24. The highest BCUT2D eigenvalue weighted by Gasteiger charge is 2.24. The molecule has 0 saturated heterocycles. The largest absolute Gasteiger partial charge is 0.348 e. The number of nitro benzene ring substituents is 1. The molecule has 1 aromatic carbocycles. The van der Waals surface area contributed by atoms with E-state index in [1.807, 2.05) is 6.07 Å². The van der Waals surface area contributed by atoms with Crippen LogP contribution in [0.4, 0.5) is 5.69 Å². The number of nitrogens with one attached hydrogen (secondary N) is 1. The lowest BCUT2D eigenvalue weighted by atomic mass is 10.1. The van der Waals surface area contributed by atoms with Gasteiger partial charge in [-0.05, 0) is 18.4 Å². The van der Waals surface area contributed by atoms with Gasteiger partial charge in [-0.25, -0.2) is 0 Å². The molecule has 0 aliphatic heterocycles. The van der Waals surface area contributed by atoms with Crippen molar-refractivity contribution in [1.82, 2.24) is 9.97 Å². The third-order valence-electron chi connectivity index (χ3n) is 2.97. The number of benzene rings is 1. The van der Waals surface area contributed by atoms with E-state index in [0.717, 1.165) is 16.3 Å². The van der Waals surface area contributed by atoms with Crippen molar-refractivity contribution in [2.24, 2.45) is 0 Å². The number of thioether (sulfide) groups is 1. The summed E-state index contributed by atoms with van der Waals surface area (Å²) in [6, 6.07) is 3.57. The predicted octanol–water partition coefficient (Wildman–Crippen LogP) is 4.00. The Labute approximate surface area is 117 Å². The van der Waals surface area contributed by atoms with Gasteiger partial charge in [0.25, 0.3) is 0 Å². The molecular formula is C12H8ClN3O2S. The van der Waals surface area contributed by atoms with Gasteiger partial charge in [-0.1, -0.05) is 11.6 Å². The molecule has 1 N–H and O–H groups in total. The Kier molecular flexibility index (Phi) is 2.83. The van der Waals surface area contributed by atoms with Crippen LogP contribution in [0.2, 0.25) is 5.02 Å². The highest BCUT2D eigenvalue weighted by Crippen LogP contribution is 2.42. The van der Waals surface area contributed by atoms with Gasteiger partial charge in [0.2, 0.25) is 0 Å². The molecule has 2 aromatic heterocycles. The molecule has 5 nitrogen and oxygen atoms in total. The van der Waals surface area contributed by atoms with Gasteiger partial charge >= 0.3 is 5.69 Å². The van der Waals surface area contributed by atoms with E-state index in [-0.39, 0.29) is 5.69 Å². The SMILES string of the molecule is CSc1c(Cl)cc2c([nH]c3cnccc32)c1[N+](=O)[O-]. The van der Waals surface area contributed by atoms with E-state index in [9.17, 15) is 10.1 Å². The smallest absolute Gasteiger partial charge is 0.308 e. The second-order valence-electron chi connectivity index (χ2n) is 3.97. The zero-order valence-corrected chi connectivity index (χ0v) is 11.4. The molecule has 0 radical (unpaired) electrons. The number of hydrogen-bond acceptors (Lipinski definition) is 4. The van der Waals surface area contributed by atoms with E-state index in [0.29, 0.717) is 15.4 Å². The van der Waals surface area contributed by atoms with E-state index >= 15 is 0 Å². The molecule has 3 rings (SSSR count). The number of aromatic nitrogens is 2. The second-order valence-corrected chi connectivity index (χ2v) is 5.19. The summed E-state index contributed by atoms with van der Waals surface area (Å²) in [5.74, 6) is 0. The van der Waals surface area contributed by atoms with Gasteiger partial charge < -0.3 is 4.98 Å². The van der Waals surface area contributed by atoms with E-state index in [2.05, 4.69) is 9.97 Å². The first-order valence-corrected chi connectivity index (χ1v) is 7.00. The summed E-state index contributed by atoms with van der Waals surface area (Å²) in [5.41, 5.74) is 1.27. The lowest BCUT2D eigenvalue weighted by Gasteiger charge is -2.03. The maximum Gasteiger partial charge on any atom is 0.308 e. The lowest BCUT2D eigenvalue weighted by molar-refractivity contribution is -0.386. The van der Waals surface area contributed by atoms with Crippen LogP contribution in [-0.2, 0) is 0 Å². The van der Waals surface area contributed by atoms with Gasteiger partial charge in [-0.15, -0.1) is 11.8 Å². The number of hydrogen-bond donors (Lipinski definition) is 1. The Balaban J connectivity index is 2.56. The Hall–Kier alpha value is -1.79. The number of H-pyrrole nitrogens is 1. The van der Waals surface area contributed by atoms with E-state index in [1.165, 1.54) is 11.8 Å². The standard InChI is InChI=1S/C12H8ClN3O2S/c1-19-12-8(13)4-7-6-2-3-14-5-9(6)15-10(7)11(12)16(17)18/h2-5,15H,1H3. The van der Waals surface area contributed by atoms with Gasteiger partial charge in [0, 0.05) is 17.0 Å². The van der Waals surface area contributed by atoms with Crippen molar-refractivity contribution in [1.29, 1.82) is 0 Å². The molecule has 0 amide bonds. The molecule has 0 unspecified atom stereocenters. The zero-order chi connectivity index (χ0) is 13.6. The summed E-state index contributed by atoms with van der Waals surface area (Å²) >= 11 is 7.42. The summed E-state index contributed by atoms with van der Waals surface area (Å²) in [7, 11) is 0. The Bertz CT molecular complexity index is 815. The van der Waals surface area contributed by atoms with Crippen LogP contribution in [-0.4, -0.2) is 21.1 Å². The minimum atomic E-state index is -0.400. The van der Waals surface area contributed by atoms with Crippen molar-refractivity contribution in [2.45, 2.75) is 4.90 Å². The topological polar surface area (TPSA) is 71.8 Å². The summed E-state index contributed by atoms with van der Waals surface area (Å²) in [6.45, 7) is 0. The Morgan fingerprint density at radius 1 is 1.47 bits per heavy atom. The molecule has 0 spiro atoms. The Morgan fingerprint density at radius 2 is 2.26 bits per heavy atom. The maximum absolute atomic E-state index is 11.3. The number of fused-ring (bicyclic) bond motifs is 3. The van der Waals surface area contributed by atoms with Crippen molar-refractivity contribution in [3.05, 3.63) is 39.7 Å². The van der Waals surface area contributed by atoms with Crippen LogP contribution >= 0.6 is 23.4 Å². The lowest BCUT2D eigenvalue weighted by Crippen LogP contribution is -1.93. The fraction of sp³-hybridized carbons (Fsp3) is 0.0833. The zero-order valence-electron chi connectivity index (χ0n) is 9.81. The fourth-order valence-electron chi connectivity index (χ4n) is 2.19. The van der Waals surface area contributed by atoms with Crippen LogP contribution in [0, 0.1) is 10.1 Å². The summed E-state index contributed by atoms with van der Waals surface area (Å²) in [5, 5.41) is 13.3. The average molecular weight is 294 g/mol. The number of nitrogens with zero attached hydrogens (tertiary/aromatic N) is 2. The van der Waals surface area contributed by atoms with E-state index in [4.69, 9.17) is 11.6 Å². The molecule has 0 aliphatic rings. The molecule has 19 heavy (non-hydrogen) atoms. The molecule has 0 atom stereocenters. The first-order valence-electron chi connectivity index (χ1n) is 5.39. The van der Waals surface area contributed by atoms with E-state index < -0.39 is 4.92 Å². The average Bonchev–Trinajstić information content (AvgIpc) is 2.75. The highest BCUT2D eigenvalue weighted by atomic mass is 35.5. The summed E-state index contributed by atoms with van der Waals surface area (Å²) in [6.07, 6.45) is 5.06. The maximum atomic E-state index is 11.3. The second kappa shape index (κ2) is 4.40. The van der Waals surface area contributed by atoms with Crippen LogP contribution in [0.5, 0.6) is 0 Å². The van der Waals surface area contributed by atoms with Crippen molar-refractivity contribution in [3.8, 4) is 0 Å². The Morgan fingerprint density at radius 3 is 2.95 bits per heavy atom. The molecule has 96 valence electrons. The van der Waals surface area contributed by atoms with Crippen LogP contribution in [0.15, 0.2) is 29.4 Å². The molecule has 7 heteroatoms. The van der Waals surface area contributed by atoms with Crippen LogP contribution < -0.4 is 0 Å².